The maximum atomic E-state index is 9.20. The normalized spacial score (nSPS) is 15.3. The van der Waals surface area contributed by atoms with Gasteiger partial charge >= 0.3 is 0 Å². The van der Waals surface area contributed by atoms with E-state index in [0.29, 0.717) is 11.8 Å². The lowest BCUT2D eigenvalue weighted by atomic mass is 10.00. The molecule has 0 fully saturated rings. The third-order valence-electron chi connectivity index (χ3n) is 1.67. The second-order valence-electron chi connectivity index (χ2n) is 3.36. The summed E-state index contributed by atoms with van der Waals surface area (Å²) >= 11 is 0. The van der Waals surface area contributed by atoms with E-state index in [1.807, 2.05) is 0 Å². The van der Waals surface area contributed by atoms with E-state index in [0.717, 1.165) is 0 Å². The van der Waals surface area contributed by atoms with E-state index in [-0.39, 0.29) is 5.66 Å². The molecule has 3 N–H and O–H groups in total. The van der Waals surface area contributed by atoms with Gasteiger partial charge in [-0.25, -0.2) is 0 Å². The van der Waals surface area contributed by atoms with Gasteiger partial charge in [-0.1, -0.05) is 27.7 Å². The summed E-state index contributed by atoms with van der Waals surface area (Å²) < 4.78 is 0. The Morgan fingerprint density at radius 1 is 1.10 bits per heavy atom. The highest BCUT2D eigenvalue weighted by Crippen LogP contribution is 2.37. The van der Waals surface area contributed by atoms with Gasteiger partial charge in [-0.15, -0.1) is 0 Å². The van der Waals surface area contributed by atoms with Crippen LogP contribution in [-0.2, 0) is 0 Å². The van der Waals surface area contributed by atoms with Crippen LogP contribution in [-0.4, -0.2) is 10.6 Å². The van der Waals surface area contributed by atoms with Crippen molar-refractivity contribution < 1.29 is 4.89 Å². The Bertz CT molecular complexity index is 74.6. The number of hydrogen-bond acceptors (Lipinski definition) is 2. The Morgan fingerprint density at radius 3 is 1.40 bits per heavy atom. The summed E-state index contributed by atoms with van der Waals surface area (Å²) in [6.07, 6.45) is 0. The molecule has 10 heavy (non-hydrogen) atoms. The first-order valence-electron chi connectivity index (χ1n) is 3.69. The lowest BCUT2D eigenvalue weighted by Crippen LogP contribution is -2.22. The molecule has 0 saturated carbocycles. The van der Waals surface area contributed by atoms with Crippen molar-refractivity contribution in [2.75, 3.05) is 0 Å². The van der Waals surface area contributed by atoms with E-state index in [9.17, 15) is 4.89 Å². The second kappa shape index (κ2) is 4.27. The van der Waals surface area contributed by atoms with Gasteiger partial charge in [0.2, 0.25) is 0 Å². The third-order valence-corrected chi connectivity index (χ3v) is 3.48. The summed E-state index contributed by atoms with van der Waals surface area (Å²) in [5, 5.41) is 0. The predicted octanol–water partition coefficient (Wildman–Crippen LogP) is 1.93. The Balaban J connectivity index is 3.98. The van der Waals surface area contributed by atoms with Crippen molar-refractivity contribution in [2.45, 2.75) is 33.4 Å². The molecular weight excluding hydrogens is 145 g/mol. The summed E-state index contributed by atoms with van der Waals surface area (Å²) in [6, 6.07) is 0. The molecular formula is C7H18NOP. The quantitative estimate of drug-likeness (QED) is 0.624. The first-order valence-corrected chi connectivity index (χ1v) is 5.13. The van der Waals surface area contributed by atoms with E-state index >= 15 is 0 Å². The molecule has 0 radical (unpaired) electrons. The third kappa shape index (κ3) is 2.96. The van der Waals surface area contributed by atoms with Crippen LogP contribution in [0.25, 0.3) is 0 Å². The molecule has 0 aliphatic heterocycles. The minimum Gasteiger partial charge on any atom is -0.359 e. The maximum absolute atomic E-state index is 9.20. The minimum atomic E-state index is -1.24. The van der Waals surface area contributed by atoms with Crippen LogP contribution in [0.15, 0.2) is 0 Å². The van der Waals surface area contributed by atoms with Gasteiger partial charge in [0.1, 0.15) is 0 Å². The monoisotopic (exact) mass is 163 g/mol. The molecule has 0 rings (SSSR count). The fraction of sp³-hybridized carbons (Fsp3) is 1.00. The first-order chi connectivity index (χ1) is 4.46. The lowest BCUT2D eigenvalue weighted by molar-refractivity contribution is 0.449. The van der Waals surface area contributed by atoms with Crippen LogP contribution < -0.4 is 5.50 Å². The minimum absolute atomic E-state index is 0.287. The molecule has 1 atom stereocenters. The molecule has 2 nitrogen and oxygen atoms in total. The molecule has 0 bridgehead atoms. The van der Waals surface area contributed by atoms with Crippen molar-refractivity contribution in [1.29, 1.82) is 0 Å². The smallest absolute Gasteiger partial charge is 0.0987 e. The molecule has 1 unspecified atom stereocenters. The summed E-state index contributed by atoms with van der Waals surface area (Å²) in [6.45, 7) is 8.40. The molecule has 0 spiro atoms. The predicted molar refractivity (Wildman–Crippen MR) is 46.8 cm³/mol. The summed E-state index contributed by atoms with van der Waals surface area (Å²) in [5.41, 5.74) is 5.75. The fourth-order valence-electron chi connectivity index (χ4n) is 1.38. The van der Waals surface area contributed by atoms with Gasteiger partial charge in [0.05, 0.1) is 8.30 Å². The number of nitrogens with two attached hydrogens (primary N) is 1. The Morgan fingerprint density at radius 2 is 1.40 bits per heavy atom. The average molecular weight is 163 g/mol. The number of hydrogen-bond donors (Lipinski definition) is 2. The summed E-state index contributed by atoms with van der Waals surface area (Å²) in [5.74, 6) is 0.974. The van der Waals surface area contributed by atoms with Gasteiger partial charge in [0.25, 0.3) is 0 Å². The van der Waals surface area contributed by atoms with Crippen molar-refractivity contribution >= 4 is 8.30 Å². The van der Waals surface area contributed by atoms with E-state index in [1.54, 1.807) is 0 Å². The van der Waals surface area contributed by atoms with Gasteiger partial charge in [-0.05, 0) is 11.8 Å². The van der Waals surface area contributed by atoms with Crippen LogP contribution in [0, 0.1) is 11.8 Å². The summed E-state index contributed by atoms with van der Waals surface area (Å²) in [4.78, 5) is 9.20. The van der Waals surface area contributed by atoms with Crippen molar-refractivity contribution in [3.8, 4) is 0 Å². The molecule has 0 aromatic rings. The molecule has 62 valence electrons. The first kappa shape index (κ1) is 10.3. The van der Waals surface area contributed by atoms with Crippen molar-refractivity contribution in [1.82, 2.24) is 0 Å². The zero-order chi connectivity index (χ0) is 8.31. The molecule has 0 heterocycles. The van der Waals surface area contributed by atoms with E-state index in [4.69, 9.17) is 5.50 Å². The van der Waals surface area contributed by atoms with E-state index in [2.05, 4.69) is 27.7 Å². The van der Waals surface area contributed by atoms with Crippen LogP contribution >= 0.6 is 8.30 Å². The molecule has 0 saturated heterocycles. The van der Waals surface area contributed by atoms with Crippen molar-refractivity contribution in [3.05, 3.63) is 0 Å². The Hall–Kier alpha value is 0.350. The average Bonchev–Trinajstić information content (AvgIpc) is 1.59. The molecule has 0 amide bonds. The standard InChI is InChI=1S/C7H18NOP/c1-5(2)7(6(3)4)10(8)9/h5-7,9H,8H2,1-4H3. The van der Waals surface area contributed by atoms with E-state index < -0.39 is 8.30 Å². The van der Waals surface area contributed by atoms with Gasteiger partial charge in [-0.2, -0.15) is 0 Å². The molecule has 0 aliphatic rings. The molecule has 0 aromatic carbocycles. The Labute approximate surface area is 64.7 Å². The SMILES string of the molecule is CC(C)C(C(C)C)P(N)O. The van der Waals surface area contributed by atoms with Crippen LogP contribution in [0.3, 0.4) is 0 Å². The van der Waals surface area contributed by atoms with Crippen LogP contribution in [0.4, 0.5) is 0 Å². The molecule has 0 aromatic heterocycles. The van der Waals surface area contributed by atoms with Gasteiger partial charge in [0.15, 0.2) is 0 Å². The van der Waals surface area contributed by atoms with Crippen molar-refractivity contribution in [2.24, 2.45) is 17.3 Å². The highest BCUT2D eigenvalue weighted by molar-refractivity contribution is 7.49. The van der Waals surface area contributed by atoms with Crippen LogP contribution in [0.1, 0.15) is 27.7 Å². The lowest BCUT2D eigenvalue weighted by Gasteiger charge is -2.26. The van der Waals surface area contributed by atoms with Crippen LogP contribution in [0.5, 0.6) is 0 Å². The molecule has 3 heteroatoms. The summed E-state index contributed by atoms with van der Waals surface area (Å²) in [7, 11) is -1.24. The topological polar surface area (TPSA) is 46.2 Å². The maximum Gasteiger partial charge on any atom is 0.0987 e. The largest absolute Gasteiger partial charge is 0.359 e. The van der Waals surface area contributed by atoms with Crippen LogP contribution in [0.2, 0.25) is 0 Å². The zero-order valence-corrected chi connectivity index (χ0v) is 8.10. The highest BCUT2D eigenvalue weighted by atomic mass is 31.2. The van der Waals surface area contributed by atoms with E-state index in [1.165, 1.54) is 0 Å². The Kier molecular flexibility index (Phi) is 4.42. The fourth-order valence-corrected chi connectivity index (χ4v) is 2.60. The number of rotatable bonds is 3. The molecule has 0 aliphatic carbocycles. The zero-order valence-electron chi connectivity index (χ0n) is 7.20. The van der Waals surface area contributed by atoms with Crippen molar-refractivity contribution in [3.63, 3.8) is 0 Å². The van der Waals surface area contributed by atoms with Gasteiger partial charge in [-0.3, -0.25) is 5.50 Å². The highest BCUT2D eigenvalue weighted by Gasteiger charge is 2.22. The van der Waals surface area contributed by atoms with Gasteiger partial charge in [0, 0.05) is 5.66 Å². The second-order valence-corrected chi connectivity index (χ2v) is 4.71. The van der Waals surface area contributed by atoms with Gasteiger partial charge < -0.3 is 4.89 Å².